The second-order valence-corrected chi connectivity index (χ2v) is 5.03. The average molecular weight is 217 g/mol. The molecule has 86 valence electrons. The summed E-state index contributed by atoms with van der Waals surface area (Å²) < 4.78 is 0. The maximum atomic E-state index is 12.0. The number of rotatable bonds is 4. The monoisotopic (exact) mass is 217 g/mol. The van der Waals surface area contributed by atoms with Crippen molar-refractivity contribution in [2.75, 3.05) is 0 Å². The van der Waals surface area contributed by atoms with Gasteiger partial charge in [-0.2, -0.15) is 0 Å². The van der Waals surface area contributed by atoms with E-state index < -0.39 is 0 Å². The van der Waals surface area contributed by atoms with Gasteiger partial charge in [-0.15, -0.1) is 0 Å². The Labute approximate surface area is 96.8 Å². The first-order valence-electron chi connectivity index (χ1n) is 5.95. The Kier molecular flexibility index (Phi) is 3.10. The third-order valence-corrected chi connectivity index (χ3v) is 3.43. The zero-order chi connectivity index (χ0) is 11.7. The SMILES string of the molecule is CC(C)C(N)C(=O)C1CC1c1ccccc1. The molecular weight excluding hydrogens is 198 g/mol. The topological polar surface area (TPSA) is 43.1 Å². The minimum absolute atomic E-state index is 0.166. The van der Waals surface area contributed by atoms with Crippen molar-refractivity contribution in [3.05, 3.63) is 35.9 Å². The third kappa shape index (κ3) is 2.17. The van der Waals surface area contributed by atoms with Crippen LogP contribution in [-0.2, 0) is 4.79 Å². The van der Waals surface area contributed by atoms with Gasteiger partial charge in [-0.25, -0.2) is 0 Å². The number of carbonyl (C=O) groups excluding carboxylic acids is 1. The van der Waals surface area contributed by atoms with Crippen LogP contribution in [0.2, 0.25) is 0 Å². The molecule has 2 rings (SSSR count). The number of hydrogen-bond acceptors (Lipinski definition) is 2. The maximum Gasteiger partial charge on any atom is 0.153 e. The standard InChI is InChI=1S/C14H19NO/c1-9(2)13(15)14(16)12-8-11(12)10-6-4-3-5-7-10/h3-7,9,11-13H,8,15H2,1-2H3. The van der Waals surface area contributed by atoms with Gasteiger partial charge in [0.1, 0.15) is 0 Å². The van der Waals surface area contributed by atoms with Crippen LogP contribution in [0.4, 0.5) is 0 Å². The van der Waals surface area contributed by atoms with Gasteiger partial charge in [0.15, 0.2) is 5.78 Å². The van der Waals surface area contributed by atoms with Gasteiger partial charge in [0.2, 0.25) is 0 Å². The molecule has 0 saturated heterocycles. The molecule has 0 spiro atoms. The molecule has 0 aliphatic heterocycles. The molecule has 2 heteroatoms. The molecule has 2 nitrogen and oxygen atoms in total. The molecule has 1 aromatic carbocycles. The van der Waals surface area contributed by atoms with Crippen LogP contribution in [0.5, 0.6) is 0 Å². The van der Waals surface area contributed by atoms with Gasteiger partial charge in [-0.3, -0.25) is 4.79 Å². The minimum Gasteiger partial charge on any atom is -0.321 e. The molecule has 0 heterocycles. The molecule has 16 heavy (non-hydrogen) atoms. The molecule has 1 saturated carbocycles. The molecule has 2 N–H and O–H groups in total. The minimum atomic E-state index is -0.293. The highest BCUT2D eigenvalue weighted by Crippen LogP contribution is 2.48. The van der Waals surface area contributed by atoms with E-state index in [-0.39, 0.29) is 23.7 Å². The largest absolute Gasteiger partial charge is 0.321 e. The summed E-state index contributed by atoms with van der Waals surface area (Å²) in [5.41, 5.74) is 7.17. The van der Waals surface area contributed by atoms with Crippen LogP contribution in [0.1, 0.15) is 31.7 Å². The predicted molar refractivity (Wildman–Crippen MR) is 65.1 cm³/mol. The summed E-state index contributed by atoms with van der Waals surface area (Å²) in [6.07, 6.45) is 0.975. The van der Waals surface area contributed by atoms with Crippen LogP contribution in [0.3, 0.4) is 0 Å². The Hall–Kier alpha value is -1.15. The van der Waals surface area contributed by atoms with Crippen molar-refractivity contribution in [2.24, 2.45) is 17.6 Å². The van der Waals surface area contributed by atoms with E-state index in [0.29, 0.717) is 5.92 Å². The molecule has 3 unspecified atom stereocenters. The van der Waals surface area contributed by atoms with Crippen molar-refractivity contribution < 1.29 is 4.79 Å². The van der Waals surface area contributed by atoms with Gasteiger partial charge in [0.25, 0.3) is 0 Å². The van der Waals surface area contributed by atoms with E-state index in [9.17, 15) is 4.79 Å². The second-order valence-electron chi connectivity index (χ2n) is 5.03. The summed E-state index contributed by atoms with van der Waals surface area (Å²) >= 11 is 0. The van der Waals surface area contributed by atoms with Crippen molar-refractivity contribution in [1.29, 1.82) is 0 Å². The van der Waals surface area contributed by atoms with Crippen LogP contribution in [-0.4, -0.2) is 11.8 Å². The average Bonchev–Trinajstić information content (AvgIpc) is 3.08. The Morgan fingerprint density at radius 3 is 2.50 bits per heavy atom. The van der Waals surface area contributed by atoms with E-state index in [1.807, 2.05) is 32.0 Å². The number of ketones is 1. The summed E-state index contributed by atoms with van der Waals surface area (Å²) in [6.45, 7) is 4.00. The highest BCUT2D eigenvalue weighted by molar-refractivity contribution is 5.89. The highest BCUT2D eigenvalue weighted by Gasteiger charge is 2.45. The lowest BCUT2D eigenvalue weighted by Gasteiger charge is -2.13. The van der Waals surface area contributed by atoms with Crippen LogP contribution in [0.15, 0.2) is 30.3 Å². The van der Waals surface area contributed by atoms with Crippen molar-refractivity contribution in [3.63, 3.8) is 0 Å². The second kappa shape index (κ2) is 4.38. The normalized spacial score (nSPS) is 25.5. The summed E-state index contributed by atoms with van der Waals surface area (Å²) in [4.78, 5) is 12.0. The molecule has 0 bridgehead atoms. The lowest BCUT2D eigenvalue weighted by Crippen LogP contribution is -2.36. The van der Waals surface area contributed by atoms with E-state index in [1.165, 1.54) is 5.56 Å². The zero-order valence-corrected chi connectivity index (χ0v) is 9.89. The van der Waals surface area contributed by atoms with Gasteiger partial charge in [0.05, 0.1) is 6.04 Å². The Balaban J connectivity index is 1.99. The first kappa shape index (κ1) is 11.3. The third-order valence-electron chi connectivity index (χ3n) is 3.43. The van der Waals surface area contributed by atoms with Crippen LogP contribution in [0.25, 0.3) is 0 Å². The number of carbonyl (C=O) groups is 1. The quantitative estimate of drug-likeness (QED) is 0.841. The van der Waals surface area contributed by atoms with E-state index in [1.54, 1.807) is 0 Å². The lowest BCUT2D eigenvalue weighted by atomic mass is 9.96. The Morgan fingerprint density at radius 1 is 1.31 bits per heavy atom. The summed E-state index contributed by atoms with van der Waals surface area (Å²) in [5, 5.41) is 0. The van der Waals surface area contributed by atoms with Gasteiger partial charge in [0, 0.05) is 5.92 Å². The smallest absolute Gasteiger partial charge is 0.153 e. The van der Waals surface area contributed by atoms with Gasteiger partial charge >= 0.3 is 0 Å². The molecule has 1 fully saturated rings. The Morgan fingerprint density at radius 2 is 1.94 bits per heavy atom. The maximum absolute atomic E-state index is 12.0. The molecule has 3 atom stereocenters. The van der Waals surface area contributed by atoms with Crippen LogP contribution in [0, 0.1) is 11.8 Å². The number of benzene rings is 1. The van der Waals surface area contributed by atoms with Crippen LogP contribution >= 0.6 is 0 Å². The van der Waals surface area contributed by atoms with E-state index in [0.717, 1.165) is 6.42 Å². The fourth-order valence-corrected chi connectivity index (χ4v) is 2.15. The van der Waals surface area contributed by atoms with E-state index >= 15 is 0 Å². The zero-order valence-electron chi connectivity index (χ0n) is 9.89. The summed E-state index contributed by atoms with van der Waals surface area (Å²) in [5.74, 6) is 1.06. The van der Waals surface area contributed by atoms with Gasteiger partial charge < -0.3 is 5.73 Å². The molecule has 0 amide bonds. The molecule has 1 aliphatic rings. The van der Waals surface area contributed by atoms with Gasteiger partial charge in [-0.1, -0.05) is 44.2 Å². The van der Waals surface area contributed by atoms with Crippen molar-refractivity contribution >= 4 is 5.78 Å². The number of hydrogen-bond donors (Lipinski definition) is 1. The highest BCUT2D eigenvalue weighted by atomic mass is 16.1. The first-order chi connectivity index (χ1) is 7.61. The lowest BCUT2D eigenvalue weighted by molar-refractivity contribution is -0.122. The summed E-state index contributed by atoms with van der Waals surface area (Å²) in [6, 6.07) is 9.95. The van der Waals surface area contributed by atoms with Crippen molar-refractivity contribution in [1.82, 2.24) is 0 Å². The van der Waals surface area contributed by atoms with Crippen molar-refractivity contribution in [2.45, 2.75) is 32.2 Å². The summed E-state index contributed by atoms with van der Waals surface area (Å²) in [7, 11) is 0. The van der Waals surface area contributed by atoms with E-state index in [4.69, 9.17) is 5.73 Å². The molecule has 1 aliphatic carbocycles. The predicted octanol–water partition coefficient (Wildman–Crippen LogP) is 2.34. The number of nitrogens with two attached hydrogens (primary N) is 1. The molecule has 0 aromatic heterocycles. The number of Topliss-reactive ketones (excluding diaryl/α,β-unsaturated/α-hetero) is 1. The van der Waals surface area contributed by atoms with Gasteiger partial charge in [-0.05, 0) is 23.8 Å². The molecular formula is C14H19NO. The fraction of sp³-hybridized carbons (Fsp3) is 0.500. The first-order valence-corrected chi connectivity index (χ1v) is 5.95. The Bertz CT molecular complexity index is 372. The van der Waals surface area contributed by atoms with Crippen LogP contribution < -0.4 is 5.73 Å². The molecule has 1 aromatic rings. The molecule has 0 radical (unpaired) electrons. The van der Waals surface area contributed by atoms with Crippen molar-refractivity contribution in [3.8, 4) is 0 Å². The van der Waals surface area contributed by atoms with E-state index in [2.05, 4.69) is 12.1 Å². The fourth-order valence-electron chi connectivity index (χ4n) is 2.15.